The zero-order chi connectivity index (χ0) is 39.4. The average molecular weight is 900 g/mol. The average Bonchev–Trinajstić information content (AvgIpc) is 3.76. The fourth-order valence-corrected chi connectivity index (χ4v) is 10.6. The minimum atomic E-state index is -0.415. The largest absolute Gasteiger partial charge is 0.493 e. The Labute approximate surface area is 345 Å². The fraction of sp³-hybridized carbons (Fsp3) is 0.333. The second-order valence-electron chi connectivity index (χ2n) is 14.9. The van der Waals surface area contributed by atoms with Crippen molar-refractivity contribution < 1.29 is 28.5 Å². The normalized spacial score (nSPS) is 19.2. The molecular weight excluding hydrogens is 857 g/mol. The van der Waals surface area contributed by atoms with Crippen LogP contribution in [0, 0.1) is 0 Å². The van der Waals surface area contributed by atoms with Crippen LogP contribution >= 0.6 is 32.6 Å². The summed E-state index contributed by atoms with van der Waals surface area (Å²) in [5.74, 6) is 1.76. The SMILES string of the molecule is COc1cc2c(cc1OCc1cc(COc3cc4c(cc3OC)C(=O)N3Cc5ccsc5C[C@H]3C=N4)cc(CN(C)C)c1)N=C[C@@H]1CC3=C(CN1C2=O)N=IN3C. The van der Waals surface area contributed by atoms with Crippen LogP contribution in [0.15, 0.2) is 78.4 Å². The predicted molar refractivity (Wildman–Crippen MR) is 227 cm³/mol. The van der Waals surface area contributed by atoms with Gasteiger partial charge in [0.15, 0.2) is 23.0 Å². The Bertz CT molecular complexity index is 2420. The molecule has 294 valence electrons. The Morgan fingerprint density at radius 1 is 0.772 bits per heavy atom. The molecule has 0 saturated carbocycles. The smallest absolute Gasteiger partial charge is 0.257 e. The molecule has 0 unspecified atom stereocenters. The molecule has 5 aliphatic rings. The van der Waals surface area contributed by atoms with Gasteiger partial charge in [0.25, 0.3) is 11.8 Å². The van der Waals surface area contributed by atoms with Gasteiger partial charge in [-0.2, -0.15) is 0 Å². The number of fused-ring (bicyclic) bond motifs is 5. The third-order valence-electron chi connectivity index (χ3n) is 10.8. The molecule has 2 atom stereocenters. The molecule has 0 bridgehead atoms. The molecule has 0 radical (unpaired) electrons. The maximum Gasteiger partial charge on any atom is 0.257 e. The molecule has 0 spiro atoms. The maximum atomic E-state index is 13.9. The van der Waals surface area contributed by atoms with E-state index in [2.05, 4.69) is 44.7 Å². The van der Waals surface area contributed by atoms with Crippen LogP contribution in [-0.2, 0) is 32.7 Å². The van der Waals surface area contributed by atoms with Gasteiger partial charge in [-0.15, -0.1) is 11.3 Å². The summed E-state index contributed by atoms with van der Waals surface area (Å²) in [7, 11) is 9.29. The molecule has 57 heavy (non-hydrogen) atoms. The van der Waals surface area contributed by atoms with Crippen molar-refractivity contribution in [1.82, 2.24) is 17.8 Å². The van der Waals surface area contributed by atoms with Crippen molar-refractivity contribution in [2.75, 3.05) is 41.9 Å². The lowest BCUT2D eigenvalue weighted by atomic mass is 10.0. The maximum absolute atomic E-state index is 13.9. The van der Waals surface area contributed by atoms with Crippen LogP contribution in [0.2, 0.25) is 0 Å². The summed E-state index contributed by atoms with van der Waals surface area (Å²) in [6, 6.07) is 15.2. The number of nitrogens with zero attached hydrogens (tertiary/aromatic N) is 7. The Morgan fingerprint density at radius 3 is 1.95 bits per heavy atom. The zero-order valence-electron chi connectivity index (χ0n) is 32.3. The topological polar surface area (TPSA) is 121 Å². The summed E-state index contributed by atoms with van der Waals surface area (Å²) in [4.78, 5) is 44.4. The number of amides is 2. The quantitative estimate of drug-likeness (QED) is 0.119. The number of ether oxygens (including phenoxy) is 4. The van der Waals surface area contributed by atoms with Crippen molar-refractivity contribution in [1.29, 1.82) is 0 Å². The van der Waals surface area contributed by atoms with Gasteiger partial charge in [-0.1, -0.05) is 12.1 Å². The summed E-state index contributed by atoms with van der Waals surface area (Å²) in [6.45, 7) is 2.24. The fourth-order valence-electron chi connectivity index (χ4n) is 7.95. The number of aliphatic imine (C=N–C) groups is 2. The molecule has 0 N–H and O–H groups in total. The van der Waals surface area contributed by atoms with Crippen molar-refractivity contribution in [3.63, 3.8) is 0 Å². The third kappa shape index (κ3) is 7.20. The monoisotopic (exact) mass is 899 g/mol. The van der Waals surface area contributed by atoms with Gasteiger partial charge in [-0.05, 0) is 66.0 Å². The number of carbonyl (C=O) groups is 2. The number of benzene rings is 3. The van der Waals surface area contributed by atoms with Crippen LogP contribution in [0.5, 0.6) is 23.0 Å². The van der Waals surface area contributed by atoms with Gasteiger partial charge in [0.05, 0.1) is 61.0 Å². The van der Waals surface area contributed by atoms with Crippen molar-refractivity contribution >= 4 is 68.3 Å². The molecule has 15 heteroatoms. The van der Waals surface area contributed by atoms with Crippen LogP contribution in [0.1, 0.15) is 54.3 Å². The van der Waals surface area contributed by atoms with Crippen molar-refractivity contribution in [2.24, 2.45) is 13.1 Å². The molecule has 0 aliphatic carbocycles. The van der Waals surface area contributed by atoms with E-state index in [9.17, 15) is 9.59 Å². The number of thiophene rings is 1. The molecule has 13 nitrogen and oxygen atoms in total. The highest BCUT2D eigenvalue weighted by Gasteiger charge is 2.37. The molecular formula is C42H42IN7O6S. The molecule has 9 rings (SSSR count). The van der Waals surface area contributed by atoms with Crippen LogP contribution < -0.4 is 18.9 Å². The molecule has 3 aromatic carbocycles. The van der Waals surface area contributed by atoms with E-state index in [1.165, 1.54) is 16.1 Å². The van der Waals surface area contributed by atoms with E-state index in [0.29, 0.717) is 71.6 Å². The van der Waals surface area contributed by atoms with Gasteiger partial charge < -0.3 is 36.8 Å². The second kappa shape index (κ2) is 15.3. The summed E-state index contributed by atoms with van der Waals surface area (Å²) >= 11 is 1.31. The van der Waals surface area contributed by atoms with E-state index in [1.54, 1.807) is 49.8 Å². The van der Waals surface area contributed by atoms with Gasteiger partial charge in [0.2, 0.25) is 0 Å². The first-order valence-corrected chi connectivity index (χ1v) is 21.5. The Kier molecular flexibility index (Phi) is 10.1. The van der Waals surface area contributed by atoms with E-state index in [1.807, 2.05) is 36.3 Å². The van der Waals surface area contributed by atoms with Crippen LogP contribution in [0.25, 0.3) is 0 Å². The lowest BCUT2D eigenvalue weighted by Gasteiger charge is -2.33. The number of hydrogen-bond donors (Lipinski definition) is 0. The molecule has 6 heterocycles. The minimum Gasteiger partial charge on any atom is -0.493 e. The van der Waals surface area contributed by atoms with Crippen molar-refractivity contribution in [3.05, 3.63) is 104 Å². The zero-order valence-corrected chi connectivity index (χ0v) is 35.3. The Morgan fingerprint density at radius 2 is 1.35 bits per heavy atom. The number of halogens is 1. The predicted octanol–water partition coefficient (Wildman–Crippen LogP) is 7.42. The van der Waals surface area contributed by atoms with Gasteiger partial charge in [-0.25, -0.2) is 3.15 Å². The first-order valence-electron chi connectivity index (χ1n) is 18.7. The van der Waals surface area contributed by atoms with Crippen LogP contribution in [0.4, 0.5) is 11.4 Å². The number of methoxy groups -OCH3 is 2. The lowest BCUT2D eigenvalue weighted by molar-refractivity contribution is 0.0703. The minimum absolute atomic E-state index is 0.0684. The highest BCUT2D eigenvalue weighted by atomic mass is 127. The van der Waals surface area contributed by atoms with Gasteiger partial charge in [0.1, 0.15) is 34.5 Å². The van der Waals surface area contributed by atoms with E-state index >= 15 is 0 Å². The standard InChI is InChI=1S/C42H42IN7O6S/c1-47(2)19-24-8-25(22-55-38-15-32-30(13-36(38)53-4)41(51)49-20-27-6-7-57-40(27)12-29(49)18-45-32)10-26(9-24)23-56-39-16-33-31(14-37(39)54-5)42(52)50-21-34-35(48(3)43-46-34)11-28(50)17-44-33/h6-10,13-18,28-29H,11-12,19-23H2,1-5H3/t28-,29-/m0/s1. The highest BCUT2D eigenvalue weighted by Crippen LogP contribution is 2.43. The van der Waals surface area contributed by atoms with Gasteiger partial charge in [-0.3, -0.25) is 19.6 Å². The number of hydrogen-bond acceptors (Lipinski definition) is 12. The molecule has 1 aromatic heterocycles. The molecule has 4 aromatic rings. The first kappa shape index (κ1) is 37.4. The van der Waals surface area contributed by atoms with E-state index in [4.69, 9.17) is 32.1 Å². The lowest BCUT2D eigenvalue weighted by Crippen LogP contribution is -2.45. The Hall–Kier alpha value is -5.13. The van der Waals surface area contributed by atoms with Crippen molar-refractivity contribution in [3.8, 4) is 23.0 Å². The summed E-state index contributed by atoms with van der Waals surface area (Å²) in [5, 5.41) is 2.08. The second-order valence-corrected chi connectivity index (χ2v) is 18.2. The number of carbonyl (C=O) groups excluding carboxylic acids is 2. The van der Waals surface area contributed by atoms with E-state index < -0.39 is 21.3 Å². The summed E-state index contributed by atoms with van der Waals surface area (Å²) < 4.78 is 31.4. The van der Waals surface area contributed by atoms with Crippen LogP contribution in [0.3, 0.4) is 0 Å². The molecule has 2 amide bonds. The van der Waals surface area contributed by atoms with Gasteiger partial charge >= 0.3 is 0 Å². The number of rotatable bonds is 10. The molecule has 0 saturated heterocycles. The summed E-state index contributed by atoms with van der Waals surface area (Å²) in [6.07, 6.45) is 5.22. The van der Waals surface area contributed by atoms with E-state index in [0.717, 1.165) is 28.8 Å². The van der Waals surface area contributed by atoms with E-state index in [-0.39, 0.29) is 37.1 Å². The van der Waals surface area contributed by atoms with Gasteiger partial charge in [0, 0.05) is 68.1 Å². The third-order valence-corrected chi connectivity index (χ3v) is 13.8. The highest BCUT2D eigenvalue weighted by molar-refractivity contribution is 14.1. The van der Waals surface area contributed by atoms with Crippen molar-refractivity contribution in [2.45, 2.75) is 51.2 Å². The van der Waals surface area contributed by atoms with Crippen LogP contribution in [-0.4, -0.2) is 96.0 Å². The molecule has 0 fully saturated rings. The Balaban J connectivity index is 0.941. The first-order chi connectivity index (χ1) is 27.6. The molecule has 5 aliphatic heterocycles. The summed E-state index contributed by atoms with van der Waals surface area (Å²) in [5.41, 5.74) is 8.47.